The lowest BCUT2D eigenvalue weighted by Crippen LogP contribution is -2.25. The number of amides is 2. The van der Waals surface area contributed by atoms with E-state index in [1.807, 2.05) is 20.8 Å². The van der Waals surface area contributed by atoms with Gasteiger partial charge < -0.3 is 15.7 Å². The minimum absolute atomic E-state index is 0.0142. The average molecular weight is 341 g/mol. The molecular weight excluding hydrogens is 318 g/mol. The number of carboxylic acid groups (broad SMARTS) is 1. The molecule has 3 N–H and O–H groups in total. The zero-order chi connectivity index (χ0) is 17.4. The lowest BCUT2D eigenvalue weighted by molar-refractivity contribution is -0.124. The highest BCUT2D eigenvalue weighted by atomic mass is 32.1. The van der Waals surface area contributed by atoms with Crippen molar-refractivity contribution < 1.29 is 19.5 Å². The average Bonchev–Trinajstić information content (AvgIpc) is 2.84. The number of carbonyl (C=O) groups excluding carboxylic acids is 2. The van der Waals surface area contributed by atoms with Crippen molar-refractivity contribution in [2.75, 3.05) is 11.9 Å². The van der Waals surface area contributed by atoms with Gasteiger partial charge in [-0.25, -0.2) is 9.78 Å². The SMILES string of the molecule is CCCNC(=O)CCC(=O)Nc1nc(C(=O)O)c(CC(C)C)s1. The van der Waals surface area contributed by atoms with Crippen LogP contribution in [-0.2, 0) is 16.0 Å². The summed E-state index contributed by atoms with van der Waals surface area (Å²) in [7, 11) is 0. The highest BCUT2D eigenvalue weighted by Crippen LogP contribution is 2.26. The first-order valence-corrected chi connectivity index (χ1v) is 8.44. The largest absolute Gasteiger partial charge is 0.476 e. The van der Waals surface area contributed by atoms with Crippen LogP contribution in [0.15, 0.2) is 0 Å². The van der Waals surface area contributed by atoms with Crippen molar-refractivity contribution in [1.82, 2.24) is 10.3 Å². The van der Waals surface area contributed by atoms with E-state index < -0.39 is 5.97 Å². The summed E-state index contributed by atoms with van der Waals surface area (Å²) in [6.45, 7) is 6.51. The van der Waals surface area contributed by atoms with Crippen LogP contribution in [0.5, 0.6) is 0 Å². The molecule has 0 aliphatic carbocycles. The molecule has 1 aromatic heterocycles. The highest BCUT2D eigenvalue weighted by molar-refractivity contribution is 7.16. The molecule has 0 spiro atoms. The lowest BCUT2D eigenvalue weighted by Gasteiger charge is -2.03. The molecule has 1 heterocycles. The van der Waals surface area contributed by atoms with Crippen molar-refractivity contribution in [1.29, 1.82) is 0 Å². The molecule has 1 rings (SSSR count). The van der Waals surface area contributed by atoms with E-state index in [2.05, 4.69) is 15.6 Å². The molecule has 0 aliphatic rings. The number of aromatic carboxylic acids is 1. The summed E-state index contributed by atoms with van der Waals surface area (Å²) in [4.78, 5) is 39.1. The van der Waals surface area contributed by atoms with Gasteiger partial charge in [0.25, 0.3) is 0 Å². The van der Waals surface area contributed by atoms with E-state index in [0.717, 1.165) is 6.42 Å². The Hall–Kier alpha value is -1.96. The molecule has 0 unspecified atom stereocenters. The van der Waals surface area contributed by atoms with Crippen LogP contribution in [0.1, 0.15) is 55.4 Å². The standard InChI is InChI=1S/C15H23N3O4S/c1-4-7-16-11(19)5-6-12(20)17-15-18-13(14(21)22)10(23-15)8-9(2)3/h9H,4-8H2,1-3H3,(H,16,19)(H,21,22)(H,17,18,20). The molecule has 128 valence electrons. The Bertz CT molecular complexity index is 569. The number of anilines is 1. The maximum Gasteiger partial charge on any atom is 0.355 e. The summed E-state index contributed by atoms with van der Waals surface area (Å²) in [5, 5.41) is 14.7. The van der Waals surface area contributed by atoms with Crippen LogP contribution in [0.25, 0.3) is 0 Å². The summed E-state index contributed by atoms with van der Waals surface area (Å²) >= 11 is 1.17. The molecule has 1 aromatic rings. The van der Waals surface area contributed by atoms with Crippen LogP contribution in [0, 0.1) is 5.92 Å². The summed E-state index contributed by atoms with van der Waals surface area (Å²) in [5.74, 6) is -1.33. The minimum atomic E-state index is -1.10. The molecule has 23 heavy (non-hydrogen) atoms. The number of carbonyl (C=O) groups is 3. The van der Waals surface area contributed by atoms with Gasteiger partial charge in [-0.1, -0.05) is 20.8 Å². The Morgan fingerprint density at radius 3 is 2.43 bits per heavy atom. The Morgan fingerprint density at radius 1 is 1.22 bits per heavy atom. The fourth-order valence-electron chi connectivity index (χ4n) is 1.84. The van der Waals surface area contributed by atoms with E-state index in [1.54, 1.807) is 0 Å². The molecule has 0 aliphatic heterocycles. The highest BCUT2D eigenvalue weighted by Gasteiger charge is 2.19. The van der Waals surface area contributed by atoms with Crippen LogP contribution in [-0.4, -0.2) is 34.4 Å². The maximum atomic E-state index is 11.8. The molecule has 2 amide bonds. The van der Waals surface area contributed by atoms with E-state index >= 15 is 0 Å². The molecule has 0 saturated carbocycles. The number of hydrogen-bond acceptors (Lipinski definition) is 5. The van der Waals surface area contributed by atoms with Crippen molar-refractivity contribution in [2.24, 2.45) is 5.92 Å². The molecule has 0 bridgehead atoms. The van der Waals surface area contributed by atoms with Crippen LogP contribution in [0.2, 0.25) is 0 Å². The van der Waals surface area contributed by atoms with Crippen molar-refractivity contribution in [2.45, 2.75) is 46.5 Å². The Labute approximate surface area is 139 Å². The molecule has 0 atom stereocenters. The zero-order valence-electron chi connectivity index (χ0n) is 13.6. The smallest absolute Gasteiger partial charge is 0.355 e. The summed E-state index contributed by atoms with van der Waals surface area (Å²) < 4.78 is 0. The number of carboxylic acids is 1. The molecular formula is C15H23N3O4S. The van der Waals surface area contributed by atoms with Gasteiger partial charge in [-0.15, -0.1) is 11.3 Å². The van der Waals surface area contributed by atoms with Crippen molar-refractivity contribution in [3.8, 4) is 0 Å². The van der Waals surface area contributed by atoms with E-state index in [0.29, 0.717) is 23.8 Å². The van der Waals surface area contributed by atoms with Crippen LogP contribution in [0.3, 0.4) is 0 Å². The normalized spacial score (nSPS) is 10.6. The second-order valence-corrected chi connectivity index (χ2v) is 6.68. The number of nitrogens with one attached hydrogen (secondary N) is 2. The molecule has 0 aromatic carbocycles. The van der Waals surface area contributed by atoms with Crippen LogP contribution < -0.4 is 10.6 Å². The second-order valence-electron chi connectivity index (χ2n) is 5.59. The van der Waals surface area contributed by atoms with Crippen molar-refractivity contribution in [3.05, 3.63) is 10.6 Å². The number of nitrogens with zero attached hydrogens (tertiary/aromatic N) is 1. The lowest BCUT2D eigenvalue weighted by atomic mass is 10.1. The summed E-state index contributed by atoms with van der Waals surface area (Å²) in [6.07, 6.45) is 1.57. The van der Waals surface area contributed by atoms with E-state index in [1.165, 1.54) is 11.3 Å². The number of hydrogen-bond donors (Lipinski definition) is 3. The third kappa shape index (κ3) is 6.77. The van der Waals surface area contributed by atoms with Gasteiger partial charge in [-0.05, 0) is 18.8 Å². The number of thiazole rings is 1. The van der Waals surface area contributed by atoms with Gasteiger partial charge in [0.15, 0.2) is 10.8 Å². The van der Waals surface area contributed by atoms with Crippen molar-refractivity contribution >= 4 is 34.3 Å². The third-order valence-electron chi connectivity index (χ3n) is 2.89. The van der Waals surface area contributed by atoms with Gasteiger partial charge >= 0.3 is 5.97 Å². The molecule has 0 radical (unpaired) electrons. The first kappa shape index (κ1) is 19.1. The number of rotatable bonds is 9. The van der Waals surface area contributed by atoms with E-state index in [4.69, 9.17) is 5.11 Å². The van der Waals surface area contributed by atoms with Gasteiger partial charge in [0.1, 0.15) is 0 Å². The Kier molecular flexibility index (Phi) is 7.67. The fraction of sp³-hybridized carbons (Fsp3) is 0.600. The van der Waals surface area contributed by atoms with Crippen LogP contribution >= 0.6 is 11.3 Å². The first-order chi connectivity index (χ1) is 10.8. The molecule has 8 heteroatoms. The monoisotopic (exact) mass is 341 g/mol. The predicted molar refractivity (Wildman–Crippen MR) is 88.8 cm³/mol. The Balaban J connectivity index is 2.61. The number of aromatic nitrogens is 1. The van der Waals surface area contributed by atoms with Gasteiger partial charge in [0.05, 0.1) is 0 Å². The fourth-order valence-corrected chi connectivity index (χ4v) is 3.02. The van der Waals surface area contributed by atoms with Gasteiger partial charge in [-0.3, -0.25) is 9.59 Å². The molecule has 0 saturated heterocycles. The minimum Gasteiger partial charge on any atom is -0.476 e. The molecule has 7 nitrogen and oxygen atoms in total. The van der Waals surface area contributed by atoms with Gasteiger partial charge in [0, 0.05) is 24.3 Å². The third-order valence-corrected chi connectivity index (χ3v) is 3.88. The van der Waals surface area contributed by atoms with Gasteiger partial charge in [0.2, 0.25) is 11.8 Å². The summed E-state index contributed by atoms with van der Waals surface area (Å²) in [6, 6.07) is 0. The van der Waals surface area contributed by atoms with Crippen molar-refractivity contribution in [3.63, 3.8) is 0 Å². The summed E-state index contributed by atoms with van der Waals surface area (Å²) in [5.41, 5.74) is -0.0142. The van der Waals surface area contributed by atoms with E-state index in [9.17, 15) is 14.4 Å². The topological polar surface area (TPSA) is 108 Å². The van der Waals surface area contributed by atoms with Crippen LogP contribution in [0.4, 0.5) is 5.13 Å². The quantitative estimate of drug-likeness (QED) is 0.638. The second kappa shape index (κ2) is 9.24. The zero-order valence-corrected chi connectivity index (χ0v) is 14.5. The van der Waals surface area contributed by atoms with E-state index in [-0.39, 0.29) is 35.5 Å². The Morgan fingerprint density at radius 2 is 1.87 bits per heavy atom. The molecule has 0 fully saturated rings. The maximum absolute atomic E-state index is 11.8. The predicted octanol–water partition coefficient (Wildman–Crippen LogP) is 2.28. The first-order valence-electron chi connectivity index (χ1n) is 7.63. The van der Waals surface area contributed by atoms with Gasteiger partial charge in [-0.2, -0.15) is 0 Å².